The number of nitrogens with one attached hydrogen (secondary N) is 4. The highest BCUT2D eigenvalue weighted by Crippen LogP contribution is 2.27. The average Bonchev–Trinajstić information content (AvgIpc) is 3.36. The van der Waals surface area contributed by atoms with Crippen LogP contribution in [0.15, 0.2) is 55.1 Å². The van der Waals surface area contributed by atoms with Crippen LogP contribution in [0.2, 0.25) is 0 Å². The average molecular weight is 533 g/mol. The van der Waals surface area contributed by atoms with Crippen molar-refractivity contribution in [3.05, 3.63) is 66.6 Å². The Morgan fingerprint density at radius 2 is 1.82 bits per heavy atom. The second-order valence-corrected chi connectivity index (χ2v) is 9.46. The molecule has 0 unspecified atom stereocenters. The fraction of sp³-hybridized carbons (Fsp3) is 0.308. The predicted octanol–water partition coefficient (Wildman–Crippen LogP) is 2.84. The molecule has 1 fully saturated rings. The number of carbonyl (C=O) groups excluding carboxylic acids is 2. The number of fused-ring (bicyclic) bond motifs is 1. The number of carbonyl (C=O) groups is 2. The summed E-state index contributed by atoms with van der Waals surface area (Å²) >= 11 is 0. The first-order chi connectivity index (χ1) is 18.9. The Labute approximate surface area is 223 Å². The van der Waals surface area contributed by atoms with Crippen molar-refractivity contribution in [1.82, 2.24) is 29.9 Å². The monoisotopic (exact) mass is 532 g/mol. The normalized spacial score (nSPS) is 17.8. The first kappa shape index (κ1) is 26.0. The van der Waals surface area contributed by atoms with Crippen molar-refractivity contribution in [1.29, 1.82) is 0 Å². The minimum atomic E-state index is -0.653. The molecule has 0 aromatic carbocycles. The summed E-state index contributed by atoms with van der Waals surface area (Å²) in [6.45, 7) is 1.67. The third-order valence-electron chi connectivity index (χ3n) is 6.49. The molecule has 13 heteroatoms. The van der Waals surface area contributed by atoms with Gasteiger partial charge < -0.3 is 27.0 Å². The molecule has 2 amide bonds. The Hall–Kier alpha value is -4.65. The van der Waals surface area contributed by atoms with Crippen LogP contribution in [0.25, 0.3) is 5.65 Å². The van der Waals surface area contributed by atoms with Crippen LogP contribution in [0.5, 0.6) is 0 Å². The first-order valence-corrected chi connectivity index (χ1v) is 12.7. The van der Waals surface area contributed by atoms with E-state index >= 15 is 0 Å². The van der Waals surface area contributed by atoms with Crippen LogP contribution in [0, 0.1) is 5.82 Å². The van der Waals surface area contributed by atoms with Gasteiger partial charge in [-0.15, -0.1) is 5.10 Å². The molecule has 1 saturated carbocycles. The van der Waals surface area contributed by atoms with Crippen LogP contribution in [-0.2, 0) is 4.79 Å². The third kappa shape index (κ3) is 6.09. The van der Waals surface area contributed by atoms with Gasteiger partial charge in [0, 0.05) is 30.5 Å². The topological polar surface area (TPSA) is 164 Å². The lowest BCUT2D eigenvalue weighted by Crippen LogP contribution is -2.46. The highest BCUT2D eigenvalue weighted by atomic mass is 19.1. The fourth-order valence-electron chi connectivity index (χ4n) is 4.45. The number of nitrogens with two attached hydrogens (primary N) is 1. The van der Waals surface area contributed by atoms with Crippen LogP contribution in [0.4, 0.5) is 27.4 Å². The molecule has 4 aromatic heterocycles. The minimum absolute atomic E-state index is 0.000978. The second kappa shape index (κ2) is 11.4. The van der Waals surface area contributed by atoms with Crippen molar-refractivity contribution in [3.63, 3.8) is 0 Å². The molecule has 4 aromatic rings. The van der Waals surface area contributed by atoms with Gasteiger partial charge in [0.05, 0.1) is 29.8 Å². The lowest BCUT2D eigenvalue weighted by Gasteiger charge is -2.30. The van der Waals surface area contributed by atoms with Gasteiger partial charge in [-0.3, -0.25) is 14.6 Å². The van der Waals surface area contributed by atoms with Crippen molar-refractivity contribution in [2.75, 3.05) is 16.0 Å². The van der Waals surface area contributed by atoms with E-state index in [1.807, 2.05) is 24.3 Å². The number of aromatic nitrogens is 5. The van der Waals surface area contributed by atoms with E-state index in [4.69, 9.17) is 5.73 Å². The van der Waals surface area contributed by atoms with Crippen molar-refractivity contribution in [2.45, 2.75) is 50.7 Å². The van der Waals surface area contributed by atoms with E-state index in [1.165, 1.54) is 23.0 Å². The van der Waals surface area contributed by atoms with Gasteiger partial charge in [-0.25, -0.2) is 18.9 Å². The predicted molar refractivity (Wildman–Crippen MR) is 144 cm³/mol. The number of hydrogen-bond donors (Lipinski definition) is 5. The standard InChI is InChI=1S/C26H29FN10O2/c1-15(28)25(38)33-17-7-5-16(6-8-17)32-23-12-20(34-22-4-2-3-10-30-22)24-31-14-21(37(24)36-23)26(39)35-19-9-11-29-13-18(19)27/h2-4,9-17H,5-8,28H2,1H3,(H,30,34)(H,32,36)(H,33,38)(H,29,35,39)/t15-,16?,17?/m1/s1. The highest BCUT2D eigenvalue weighted by Gasteiger charge is 2.25. The number of pyridine rings is 2. The molecule has 1 aliphatic carbocycles. The Morgan fingerprint density at radius 1 is 1.03 bits per heavy atom. The van der Waals surface area contributed by atoms with E-state index in [2.05, 4.69) is 41.3 Å². The van der Waals surface area contributed by atoms with Crippen LogP contribution in [-0.4, -0.2) is 54.5 Å². The molecule has 1 aliphatic rings. The Balaban J connectivity index is 1.40. The van der Waals surface area contributed by atoms with Crippen molar-refractivity contribution >= 4 is 40.5 Å². The number of halogens is 1. The summed E-state index contributed by atoms with van der Waals surface area (Å²) in [7, 11) is 0. The maximum atomic E-state index is 14.1. The SMILES string of the molecule is C[C@@H](N)C(=O)NC1CCC(Nc2cc(Nc3ccccn3)c3ncc(C(=O)Nc4ccncc4F)n3n2)CC1. The number of imidazole rings is 1. The lowest BCUT2D eigenvalue weighted by molar-refractivity contribution is -0.122. The Kier molecular flexibility index (Phi) is 7.59. The number of amides is 2. The van der Waals surface area contributed by atoms with E-state index in [-0.39, 0.29) is 29.4 Å². The zero-order valence-electron chi connectivity index (χ0n) is 21.3. The van der Waals surface area contributed by atoms with Crippen molar-refractivity contribution in [2.24, 2.45) is 5.73 Å². The molecular weight excluding hydrogens is 503 g/mol. The Morgan fingerprint density at radius 3 is 2.54 bits per heavy atom. The molecule has 0 bridgehead atoms. The summed E-state index contributed by atoms with van der Waals surface area (Å²) in [6.07, 6.45) is 8.68. The number of anilines is 4. The van der Waals surface area contributed by atoms with E-state index in [0.29, 0.717) is 23.0 Å². The molecule has 0 saturated heterocycles. The maximum absolute atomic E-state index is 14.1. The zero-order valence-corrected chi connectivity index (χ0v) is 21.3. The molecule has 39 heavy (non-hydrogen) atoms. The summed E-state index contributed by atoms with van der Waals surface area (Å²) in [6, 6.07) is 8.29. The summed E-state index contributed by atoms with van der Waals surface area (Å²) in [5.74, 6) is -0.270. The van der Waals surface area contributed by atoms with Gasteiger partial charge in [-0.1, -0.05) is 6.07 Å². The number of rotatable bonds is 8. The first-order valence-electron chi connectivity index (χ1n) is 12.7. The third-order valence-corrected chi connectivity index (χ3v) is 6.49. The van der Waals surface area contributed by atoms with Gasteiger partial charge in [0.25, 0.3) is 5.91 Å². The van der Waals surface area contributed by atoms with Crippen LogP contribution >= 0.6 is 0 Å². The Bertz CT molecular complexity index is 1470. The van der Waals surface area contributed by atoms with Gasteiger partial charge >= 0.3 is 0 Å². The summed E-state index contributed by atoms with van der Waals surface area (Å²) in [5, 5.41) is 16.9. The van der Waals surface area contributed by atoms with Crippen LogP contribution in [0.3, 0.4) is 0 Å². The number of nitrogens with zero attached hydrogens (tertiary/aromatic N) is 5. The summed E-state index contributed by atoms with van der Waals surface area (Å²) in [4.78, 5) is 37.5. The molecule has 202 valence electrons. The van der Waals surface area contributed by atoms with E-state index in [0.717, 1.165) is 31.9 Å². The zero-order chi connectivity index (χ0) is 27.4. The molecule has 1 atom stereocenters. The van der Waals surface area contributed by atoms with E-state index in [1.54, 1.807) is 13.1 Å². The molecule has 4 heterocycles. The quantitative estimate of drug-likeness (QED) is 0.229. The molecule has 12 nitrogen and oxygen atoms in total. The second-order valence-electron chi connectivity index (χ2n) is 9.46. The molecule has 6 N–H and O–H groups in total. The minimum Gasteiger partial charge on any atom is -0.366 e. The van der Waals surface area contributed by atoms with Crippen molar-refractivity contribution < 1.29 is 14.0 Å². The van der Waals surface area contributed by atoms with E-state index in [9.17, 15) is 14.0 Å². The molecule has 0 radical (unpaired) electrons. The van der Waals surface area contributed by atoms with Gasteiger partial charge in [-0.2, -0.15) is 0 Å². The van der Waals surface area contributed by atoms with Gasteiger partial charge in [0.2, 0.25) is 5.91 Å². The molecule has 5 rings (SSSR count). The number of hydrogen-bond acceptors (Lipinski definition) is 9. The van der Waals surface area contributed by atoms with Crippen LogP contribution in [0.1, 0.15) is 43.1 Å². The summed E-state index contributed by atoms with van der Waals surface area (Å²) in [5.41, 5.74) is 6.77. The summed E-state index contributed by atoms with van der Waals surface area (Å²) < 4.78 is 15.5. The van der Waals surface area contributed by atoms with Gasteiger partial charge in [-0.05, 0) is 50.8 Å². The highest BCUT2D eigenvalue weighted by molar-refractivity contribution is 6.03. The molecule has 0 spiro atoms. The lowest BCUT2D eigenvalue weighted by atomic mass is 9.91. The maximum Gasteiger partial charge on any atom is 0.276 e. The van der Waals surface area contributed by atoms with Crippen LogP contribution < -0.4 is 27.0 Å². The van der Waals surface area contributed by atoms with Crippen molar-refractivity contribution in [3.8, 4) is 0 Å². The van der Waals surface area contributed by atoms with Gasteiger partial charge in [0.15, 0.2) is 17.2 Å². The van der Waals surface area contributed by atoms with Gasteiger partial charge in [0.1, 0.15) is 11.6 Å². The smallest absolute Gasteiger partial charge is 0.276 e. The molecular formula is C26H29FN10O2. The van der Waals surface area contributed by atoms with E-state index < -0.39 is 17.8 Å². The fourth-order valence-corrected chi connectivity index (χ4v) is 4.45. The molecule has 0 aliphatic heterocycles. The largest absolute Gasteiger partial charge is 0.366 e.